The summed E-state index contributed by atoms with van der Waals surface area (Å²) in [6.45, 7) is 1.94. The molecule has 0 saturated heterocycles. The Hall–Kier alpha value is -3.78. The van der Waals surface area contributed by atoms with E-state index >= 15 is 0 Å². The molecule has 2 heterocycles. The summed E-state index contributed by atoms with van der Waals surface area (Å²) in [5, 5.41) is 21.5. The highest BCUT2D eigenvalue weighted by Crippen LogP contribution is 2.47. The Labute approximate surface area is 155 Å². The monoisotopic (exact) mass is 352 g/mol. The van der Waals surface area contributed by atoms with Gasteiger partial charge in [0.2, 0.25) is 11.8 Å². The normalized spacial score (nSPS) is 16.2. The first-order valence-electron chi connectivity index (χ1n) is 8.72. The summed E-state index contributed by atoms with van der Waals surface area (Å²) >= 11 is 0. The molecule has 0 fully saturated rings. The number of fused-ring (bicyclic) bond motifs is 3. The number of hydrogen-bond donors (Lipinski definition) is 2. The molecule has 1 atom stereocenters. The van der Waals surface area contributed by atoms with Crippen LogP contribution in [-0.4, -0.2) is 10.2 Å². The molecule has 0 saturated carbocycles. The van der Waals surface area contributed by atoms with Gasteiger partial charge in [0.1, 0.15) is 11.6 Å². The van der Waals surface area contributed by atoms with Crippen molar-refractivity contribution in [2.75, 3.05) is 0 Å². The van der Waals surface area contributed by atoms with E-state index in [1.165, 1.54) is 0 Å². The number of aromatic amines is 1. The number of nitrogens with one attached hydrogen (secondary N) is 1. The number of allylic oxidation sites excluding steroid dienone is 1. The van der Waals surface area contributed by atoms with Gasteiger partial charge in [0, 0.05) is 11.3 Å². The molecule has 3 aromatic carbocycles. The third-order valence-corrected chi connectivity index (χ3v) is 5.23. The van der Waals surface area contributed by atoms with Crippen molar-refractivity contribution in [3.8, 4) is 11.9 Å². The van der Waals surface area contributed by atoms with Crippen LogP contribution in [0.25, 0.3) is 21.5 Å². The van der Waals surface area contributed by atoms with Crippen LogP contribution in [0.4, 0.5) is 0 Å². The number of aromatic nitrogens is 2. The van der Waals surface area contributed by atoms with Crippen molar-refractivity contribution in [1.82, 2.24) is 10.2 Å². The van der Waals surface area contributed by atoms with Gasteiger partial charge in [-0.1, -0.05) is 48.5 Å². The molecule has 5 rings (SSSR count). The molecule has 1 aliphatic heterocycles. The van der Waals surface area contributed by atoms with Gasteiger partial charge in [-0.05, 0) is 40.1 Å². The van der Waals surface area contributed by atoms with Crippen LogP contribution in [0.1, 0.15) is 22.7 Å². The lowest BCUT2D eigenvalue weighted by atomic mass is 9.79. The maximum Gasteiger partial charge on any atom is 0.244 e. The number of nitriles is 1. The van der Waals surface area contributed by atoms with Gasteiger partial charge < -0.3 is 10.5 Å². The average Bonchev–Trinajstić information content (AvgIpc) is 3.05. The van der Waals surface area contributed by atoms with E-state index in [2.05, 4.69) is 46.6 Å². The van der Waals surface area contributed by atoms with Crippen molar-refractivity contribution < 1.29 is 4.74 Å². The van der Waals surface area contributed by atoms with Crippen LogP contribution in [0.2, 0.25) is 0 Å². The van der Waals surface area contributed by atoms with Crippen molar-refractivity contribution in [3.05, 3.63) is 82.9 Å². The van der Waals surface area contributed by atoms with Gasteiger partial charge in [-0.25, -0.2) is 0 Å². The minimum atomic E-state index is -0.339. The molecule has 5 nitrogen and oxygen atoms in total. The molecule has 27 heavy (non-hydrogen) atoms. The molecule has 3 N–H and O–H groups in total. The molecule has 0 amide bonds. The van der Waals surface area contributed by atoms with Crippen LogP contribution in [-0.2, 0) is 0 Å². The van der Waals surface area contributed by atoms with Gasteiger partial charge in [-0.15, -0.1) is 5.10 Å². The molecular weight excluding hydrogens is 336 g/mol. The Morgan fingerprint density at radius 2 is 1.67 bits per heavy atom. The highest BCUT2D eigenvalue weighted by molar-refractivity contribution is 6.03. The Morgan fingerprint density at radius 1 is 1.04 bits per heavy atom. The van der Waals surface area contributed by atoms with E-state index in [1.54, 1.807) is 0 Å². The smallest absolute Gasteiger partial charge is 0.244 e. The van der Waals surface area contributed by atoms with Crippen molar-refractivity contribution in [2.24, 2.45) is 5.73 Å². The first-order valence-corrected chi connectivity index (χ1v) is 8.72. The molecule has 0 spiro atoms. The maximum absolute atomic E-state index is 9.89. The summed E-state index contributed by atoms with van der Waals surface area (Å²) < 4.78 is 5.62. The zero-order valence-corrected chi connectivity index (χ0v) is 14.7. The van der Waals surface area contributed by atoms with Crippen molar-refractivity contribution >= 4 is 21.5 Å². The lowest BCUT2D eigenvalue weighted by molar-refractivity contribution is 0.379. The molecule has 0 aliphatic carbocycles. The summed E-state index contributed by atoms with van der Waals surface area (Å²) in [7, 11) is 0. The summed E-state index contributed by atoms with van der Waals surface area (Å²) in [6.07, 6.45) is 0. The fourth-order valence-electron chi connectivity index (χ4n) is 4.05. The molecule has 1 unspecified atom stereocenters. The molecule has 0 bridgehead atoms. The second kappa shape index (κ2) is 5.61. The van der Waals surface area contributed by atoms with E-state index in [1.807, 2.05) is 31.2 Å². The Morgan fingerprint density at radius 3 is 2.30 bits per heavy atom. The first-order chi connectivity index (χ1) is 13.2. The Kier molecular flexibility index (Phi) is 3.22. The minimum absolute atomic E-state index is 0.110. The van der Waals surface area contributed by atoms with E-state index < -0.39 is 0 Å². The maximum atomic E-state index is 9.89. The second-order valence-corrected chi connectivity index (χ2v) is 6.72. The van der Waals surface area contributed by atoms with Gasteiger partial charge in [0.05, 0.1) is 5.92 Å². The van der Waals surface area contributed by atoms with Crippen LogP contribution in [0.15, 0.2) is 66.1 Å². The van der Waals surface area contributed by atoms with Crippen LogP contribution in [0, 0.1) is 18.3 Å². The largest absolute Gasteiger partial charge is 0.420 e. The van der Waals surface area contributed by atoms with Gasteiger partial charge >= 0.3 is 0 Å². The molecule has 4 aromatic rings. The van der Waals surface area contributed by atoms with Gasteiger partial charge in [0.25, 0.3) is 0 Å². The predicted octanol–water partition coefficient (Wildman–Crippen LogP) is 4.24. The van der Waals surface area contributed by atoms with Gasteiger partial charge in [0.15, 0.2) is 0 Å². The SMILES string of the molecule is Cc1[nH]nc2c1C(c1c3ccccc3cc3ccccc13)C(C#N)=C(N)O2. The van der Waals surface area contributed by atoms with Crippen molar-refractivity contribution in [1.29, 1.82) is 5.26 Å². The number of nitrogens with two attached hydrogens (primary N) is 1. The summed E-state index contributed by atoms with van der Waals surface area (Å²) in [5.74, 6) is 0.207. The van der Waals surface area contributed by atoms with E-state index in [4.69, 9.17) is 10.5 Å². The Balaban J connectivity index is 1.98. The van der Waals surface area contributed by atoms with Crippen LogP contribution in [0.5, 0.6) is 5.88 Å². The van der Waals surface area contributed by atoms with Gasteiger partial charge in [-0.3, -0.25) is 5.10 Å². The van der Waals surface area contributed by atoms with Crippen LogP contribution < -0.4 is 10.5 Å². The number of H-pyrrole nitrogens is 1. The predicted molar refractivity (Wildman–Crippen MR) is 104 cm³/mol. The van der Waals surface area contributed by atoms with Crippen LogP contribution >= 0.6 is 0 Å². The van der Waals surface area contributed by atoms with E-state index in [-0.39, 0.29) is 11.8 Å². The van der Waals surface area contributed by atoms with Crippen LogP contribution in [0.3, 0.4) is 0 Å². The Bertz CT molecular complexity index is 1240. The summed E-state index contributed by atoms with van der Waals surface area (Å²) in [4.78, 5) is 0. The number of rotatable bonds is 1. The zero-order valence-electron chi connectivity index (χ0n) is 14.7. The lowest BCUT2D eigenvalue weighted by Crippen LogP contribution is -2.21. The number of aryl methyl sites for hydroxylation is 1. The molecule has 130 valence electrons. The van der Waals surface area contributed by atoms with E-state index in [9.17, 15) is 5.26 Å². The number of hydrogen-bond acceptors (Lipinski definition) is 4. The number of nitrogens with zero attached hydrogens (tertiary/aromatic N) is 2. The third kappa shape index (κ3) is 2.14. The van der Waals surface area contributed by atoms with Crippen molar-refractivity contribution in [2.45, 2.75) is 12.8 Å². The molecule has 1 aromatic heterocycles. The van der Waals surface area contributed by atoms with Gasteiger partial charge in [-0.2, -0.15) is 5.26 Å². The zero-order chi connectivity index (χ0) is 18.5. The fourth-order valence-corrected chi connectivity index (χ4v) is 4.05. The third-order valence-electron chi connectivity index (χ3n) is 5.23. The highest BCUT2D eigenvalue weighted by Gasteiger charge is 2.36. The molecular formula is C22H16N4O. The molecule has 1 aliphatic rings. The lowest BCUT2D eigenvalue weighted by Gasteiger charge is -2.26. The molecule has 0 radical (unpaired) electrons. The number of ether oxygens (including phenoxy) is 1. The first kappa shape index (κ1) is 15.5. The molecule has 5 heteroatoms. The number of benzene rings is 3. The van der Waals surface area contributed by atoms with E-state index in [0.29, 0.717) is 11.5 Å². The quantitative estimate of drug-likeness (QED) is 0.502. The average molecular weight is 352 g/mol. The highest BCUT2D eigenvalue weighted by atomic mass is 16.5. The standard InChI is InChI=1S/C22H16N4O/c1-12-18-20(17(11-23)21(24)27-22(18)26-25-12)19-15-8-4-2-6-13(15)10-14-7-3-5-9-16(14)19/h2-10,20H,24H2,1H3,(H,25,26). The second-order valence-electron chi connectivity index (χ2n) is 6.72. The minimum Gasteiger partial charge on any atom is -0.420 e. The topological polar surface area (TPSA) is 87.7 Å². The fraction of sp³-hybridized carbons (Fsp3) is 0.0909. The summed E-state index contributed by atoms with van der Waals surface area (Å²) in [5.41, 5.74) is 9.31. The summed E-state index contributed by atoms with van der Waals surface area (Å²) in [6, 6.07) is 20.9. The van der Waals surface area contributed by atoms with Crippen molar-refractivity contribution in [3.63, 3.8) is 0 Å². The van der Waals surface area contributed by atoms with E-state index in [0.717, 1.165) is 38.4 Å².